The molecule has 0 fully saturated rings. The van der Waals surface area contributed by atoms with E-state index in [4.69, 9.17) is 18.9 Å². The second-order valence-electron chi connectivity index (χ2n) is 14.2. The first-order valence-corrected chi connectivity index (χ1v) is 20.1. The number of benzene rings is 7. The van der Waals surface area contributed by atoms with Crippen LogP contribution in [0.1, 0.15) is 104 Å². The van der Waals surface area contributed by atoms with Gasteiger partial charge in [-0.25, -0.2) is 0 Å². The predicted molar refractivity (Wildman–Crippen MR) is 253 cm³/mol. The van der Waals surface area contributed by atoms with Crippen LogP contribution in [0.25, 0.3) is 21.5 Å². The molecule has 7 rings (SSSR count). The summed E-state index contributed by atoms with van der Waals surface area (Å²) in [5.41, 5.74) is 4.13. The van der Waals surface area contributed by atoms with Crippen LogP contribution in [-0.4, -0.2) is 63.1 Å². The number of carbonyl (C=O) groups excluding carboxylic acids is 6. The van der Waals surface area contributed by atoms with Gasteiger partial charge in [0.2, 0.25) is 0 Å². The third kappa shape index (κ3) is 15.6. The molecule has 0 heterocycles. The summed E-state index contributed by atoms with van der Waals surface area (Å²) >= 11 is 0. The van der Waals surface area contributed by atoms with Crippen molar-refractivity contribution in [3.05, 3.63) is 179 Å². The van der Waals surface area contributed by atoms with Crippen molar-refractivity contribution in [2.24, 2.45) is 0 Å². The highest BCUT2D eigenvalue weighted by Gasteiger charge is 2.05. The first kappa shape index (κ1) is 50.6. The van der Waals surface area contributed by atoms with Crippen LogP contribution in [0.15, 0.2) is 146 Å². The van der Waals surface area contributed by atoms with Crippen LogP contribution in [0.3, 0.4) is 0 Å². The summed E-state index contributed by atoms with van der Waals surface area (Å²) in [6, 6.07) is 43.7. The largest absolute Gasteiger partial charge is 0.497 e. The minimum Gasteiger partial charge on any atom is -0.497 e. The van der Waals surface area contributed by atoms with Gasteiger partial charge in [-0.3, -0.25) is 28.8 Å². The van der Waals surface area contributed by atoms with Crippen LogP contribution < -0.4 is 18.9 Å². The van der Waals surface area contributed by atoms with Gasteiger partial charge in [0.25, 0.3) is 0 Å². The van der Waals surface area contributed by atoms with E-state index in [-0.39, 0.29) is 34.7 Å². The summed E-state index contributed by atoms with van der Waals surface area (Å²) in [7, 11) is 6.49. The summed E-state index contributed by atoms with van der Waals surface area (Å²) in [6.45, 7) is 9.22. The number of Topliss-reactive ketones (excluding diaryl/α,β-unsaturated/α-hetero) is 6. The zero-order chi connectivity index (χ0) is 47.3. The van der Waals surface area contributed by atoms with Crippen molar-refractivity contribution in [1.29, 1.82) is 0 Å². The number of methoxy groups -OCH3 is 4. The Hall–Kier alpha value is -7.72. The maximum Gasteiger partial charge on any atom is 0.160 e. The topological polar surface area (TPSA) is 139 Å². The molecule has 0 saturated carbocycles. The van der Waals surface area contributed by atoms with Crippen molar-refractivity contribution >= 4 is 56.2 Å². The summed E-state index contributed by atoms with van der Waals surface area (Å²) < 4.78 is 20.1. The van der Waals surface area contributed by atoms with Crippen molar-refractivity contribution in [2.45, 2.75) is 41.5 Å². The fraction of sp³-hybridized carbons (Fsp3) is 0.185. The predicted octanol–water partition coefficient (Wildman–Crippen LogP) is 12.0. The highest BCUT2D eigenvalue weighted by molar-refractivity contribution is 6.02. The van der Waals surface area contributed by atoms with Gasteiger partial charge in [0.15, 0.2) is 46.2 Å². The molecular formula is C54H54O10. The molecule has 0 unspecified atom stereocenters. The number of fused-ring (bicyclic) bond motifs is 2. The molecular weight excluding hydrogens is 809 g/mol. The van der Waals surface area contributed by atoms with Crippen LogP contribution >= 0.6 is 0 Å². The molecule has 0 aliphatic heterocycles. The van der Waals surface area contributed by atoms with E-state index >= 15 is 0 Å². The Morgan fingerprint density at radius 3 is 0.812 bits per heavy atom. The number of hydrogen-bond donors (Lipinski definition) is 0. The maximum atomic E-state index is 11.2. The molecule has 64 heavy (non-hydrogen) atoms. The molecule has 0 atom stereocenters. The first-order chi connectivity index (χ1) is 30.5. The lowest BCUT2D eigenvalue weighted by Crippen LogP contribution is -1.95. The Labute approximate surface area is 374 Å². The lowest BCUT2D eigenvalue weighted by atomic mass is 10.0. The Balaban J connectivity index is 0.000000215. The summed E-state index contributed by atoms with van der Waals surface area (Å²) in [5, 5.41) is 4.11. The smallest absolute Gasteiger partial charge is 0.160 e. The maximum absolute atomic E-state index is 11.2. The number of ether oxygens (including phenoxy) is 4. The van der Waals surface area contributed by atoms with E-state index in [1.807, 2.05) is 84.9 Å². The summed E-state index contributed by atoms with van der Waals surface area (Å²) in [5.74, 6) is 3.45. The van der Waals surface area contributed by atoms with Gasteiger partial charge >= 0.3 is 0 Å². The monoisotopic (exact) mass is 862 g/mol. The lowest BCUT2D eigenvalue weighted by Gasteiger charge is -2.04. The number of carbonyl (C=O) groups is 6. The van der Waals surface area contributed by atoms with Gasteiger partial charge in [-0.1, -0.05) is 78.9 Å². The van der Waals surface area contributed by atoms with Crippen molar-refractivity contribution in [3.8, 4) is 23.0 Å². The van der Waals surface area contributed by atoms with Gasteiger partial charge in [-0.15, -0.1) is 0 Å². The molecule has 0 radical (unpaired) electrons. The zero-order valence-electron chi connectivity index (χ0n) is 37.9. The van der Waals surface area contributed by atoms with E-state index in [1.54, 1.807) is 117 Å². The fourth-order valence-electron chi connectivity index (χ4n) is 5.81. The van der Waals surface area contributed by atoms with Crippen molar-refractivity contribution in [3.63, 3.8) is 0 Å². The molecule has 330 valence electrons. The molecule has 7 aromatic carbocycles. The molecule has 10 heteroatoms. The third-order valence-corrected chi connectivity index (χ3v) is 9.59. The van der Waals surface area contributed by atoms with Crippen LogP contribution in [0.5, 0.6) is 23.0 Å². The Morgan fingerprint density at radius 2 is 0.531 bits per heavy atom. The minimum atomic E-state index is 0.0186. The highest BCUT2D eigenvalue weighted by atomic mass is 16.5. The van der Waals surface area contributed by atoms with E-state index in [2.05, 4.69) is 0 Å². The average Bonchev–Trinajstić information content (AvgIpc) is 3.31. The van der Waals surface area contributed by atoms with Crippen molar-refractivity contribution in [2.75, 3.05) is 28.4 Å². The molecule has 0 bridgehead atoms. The van der Waals surface area contributed by atoms with Gasteiger partial charge in [-0.2, -0.15) is 0 Å². The number of para-hydroxylation sites is 2. The molecule has 0 saturated heterocycles. The van der Waals surface area contributed by atoms with Gasteiger partial charge in [0.05, 0.1) is 28.4 Å². The minimum absolute atomic E-state index is 0.0186. The lowest BCUT2D eigenvalue weighted by molar-refractivity contribution is 0.100. The van der Waals surface area contributed by atoms with E-state index in [1.165, 1.54) is 13.8 Å². The molecule has 0 aromatic heterocycles. The van der Waals surface area contributed by atoms with Gasteiger partial charge in [-0.05, 0) is 130 Å². The third-order valence-electron chi connectivity index (χ3n) is 9.59. The number of ketones is 6. The normalized spacial score (nSPS) is 9.78. The molecule has 0 N–H and O–H groups in total. The molecule has 7 aromatic rings. The molecule has 0 amide bonds. The first-order valence-electron chi connectivity index (χ1n) is 20.1. The highest BCUT2D eigenvalue weighted by Crippen LogP contribution is 2.25. The molecule has 0 spiro atoms. The van der Waals surface area contributed by atoms with Crippen molar-refractivity contribution in [1.82, 2.24) is 0 Å². The van der Waals surface area contributed by atoms with Gasteiger partial charge in [0.1, 0.15) is 11.5 Å². The number of rotatable bonds is 10. The SMILES string of the molecule is CC(=O)c1ccc(C(C)=O)cc1.CC(=O)c1ccc2cc(C(C)=O)ccc2c1.COc1ccc(C(C)=O)cc1.COc1ccc2cc(C(C)=O)ccc2c1.COc1ccccc1OC. The quantitative estimate of drug-likeness (QED) is 0.122. The van der Waals surface area contributed by atoms with E-state index in [9.17, 15) is 28.8 Å². The van der Waals surface area contributed by atoms with E-state index in [0.29, 0.717) is 27.8 Å². The van der Waals surface area contributed by atoms with Crippen LogP contribution in [0, 0.1) is 0 Å². The molecule has 10 nitrogen and oxygen atoms in total. The fourth-order valence-corrected chi connectivity index (χ4v) is 5.81. The Bertz CT molecular complexity index is 2600. The average molecular weight is 863 g/mol. The number of hydrogen-bond acceptors (Lipinski definition) is 10. The Morgan fingerprint density at radius 1 is 0.281 bits per heavy atom. The van der Waals surface area contributed by atoms with Crippen molar-refractivity contribution < 1.29 is 47.7 Å². The standard InChI is InChI=1S/C14H12O2.C13H12O2.C10H10O2.C9H10O2.C8H10O2/c1-9(15)11-3-5-14-8-12(10(2)16)4-6-13(14)7-11;1-9(14)10-3-4-12-8-13(15-2)6-5-11(12)7-10;1-7(11)9-3-5-10(6-4-9)8(2)12;1-7(10)8-3-5-9(11-2)6-4-8;1-9-7-5-3-4-6-8(7)10-2/h3-8H,1-2H3;3-8H,1-2H3;3-6H,1-2H3;3-6H,1-2H3;3-6H,1-2H3. The van der Waals surface area contributed by atoms with E-state index < -0.39 is 0 Å². The summed E-state index contributed by atoms with van der Waals surface area (Å²) in [6.07, 6.45) is 0. The van der Waals surface area contributed by atoms with Gasteiger partial charge < -0.3 is 18.9 Å². The van der Waals surface area contributed by atoms with E-state index in [0.717, 1.165) is 50.1 Å². The Kier molecular flexibility index (Phi) is 20.0. The molecule has 0 aliphatic carbocycles. The second-order valence-corrected chi connectivity index (χ2v) is 14.2. The van der Waals surface area contributed by atoms with Crippen LogP contribution in [0.2, 0.25) is 0 Å². The van der Waals surface area contributed by atoms with Gasteiger partial charge in [0, 0.05) is 33.4 Å². The molecule has 0 aliphatic rings. The zero-order valence-corrected chi connectivity index (χ0v) is 37.9. The second kappa shape index (κ2) is 25.3. The van der Waals surface area contributed by atoms with Crippen LogP contribution in [-0.2, 0) is 0 Å². The summed E-state index contributed by atoms with van der Waals surface area (Å²) in [4.78, 5) is 66.1. The van der Waals surface area contributed by atoms with Crippen LogP contribution in [0.4, 0.5) is 0 Å².